The van der Waals surface area contributed by atoms with Crippen LogP contribution in [0.2, 0.25) is 0 Å². The second-order valence-corrected chi connectivity index (χ2v) is 4.12. The number of carbonyl (C=O) groups excluding carboxylic acids is 2. The number of hydrogen-bond donors (Lipinski definition) is 0. The molecule has 0 saturated carbocycles. The van der Waals surface area contributed by atoms with Crippen molar-refractivity contribution in [3.63, 3.8) is 0 Å². The maximum Gasteiger partial charge on any atom is 0.170 e. The number of rotatable bonds is 3. The van der Waals surface area contributed by atoms with Crippen molar-refractivity contribution in [2.24, 2.45) is 5.92 Å². The monoisotopic (exact) mass is 226 g/mol. The molecule has 0 N–H and O–H groups in total. The molecule has 0 bridgehead atoms. The first-order valence-corrected chi connectivity index (χ1v) is 5.67. The van der Waals surface area contributed by atoms with Gasteiger partial charge in [0.15, 0.2) is 11.6 Å². The predicted octanol–water partition coefficient (Wildman–Crippen LogP) is 3.20. The molecule has 0 heterocycles. The van der Waals surface area contributed by atoms with Crippen molar-refractivity contribution in [1.29, 1.82) is 0 Å². The predicted molar refractivity (Wildman–Crippen MR) is 67.2 cm³/mol. The van der Waals surface area contributed by atoms with Crippen LogP contribution in [0.5, 0.6) is 0 Å². The van der Waals surface area contributed by atoms with Crippen LogP contribution in [0.15, 0.2) is 48.6 Å². The minimum absolute atomic E-state index is 0.0244. The third-order valence-electron chi connectivity index (χ3n) is 2.89. The molecule has 2 heteroatoms. The quantitative estimate of drug-likeness (QED) is 0.742. The molecular weight excluding hydrogens is 212 g/mol. The molecule has 1 atom stereocenters. The Labute approximate surface area is 101 Å². The highest BCUT2D eigenvalue weighted by Gasteiger charge is 2.21. The summed E-state index contributed by atoms with van der Waals surface area (Å²) in [6.45, 7) is 1.49. The zero-order valence-corrected chi connectivity index (χ0v) is 9.72. The molecule has 0 spiro atoms. The van der Waals surface area contributed by atoms with Crippen molar-refractivity contribution < 1.29 is 9.59 Å². The van der Waals surface area contributed by atoms with E-state index >= 15 is 0 Å². The SMILES string of the molecule is CC(=O)c1ccccc1C(=O)C1C=CC=CC1. The fourth-order valence-corrected chi connectivity index (χ4v) is 1.98. The summed E-state index contributed by atoms with van der Waals surface area (Å²) in [5.74, 6) is -0.179. The third kappa shape index (κ3) is 2.41. The first-order chi connectivity index (χ1) is 8.20. The van der Waals surface area contributed by atoms with Gasteiger partial charge < -0.3 is 0 Å². The molecule has 0 fully saturated rings. The fraction of sp³-hybridized carbons (Fsp3) is 0.200. The van der Waals surface area contributed by atoms with Crippen molar-refractivity contribution in [1.82, 2.24) is 0 Å². The first kappa shape index (κ1) is 11.5. The Morgan fingerprint density at radius 1 is 1.12 bits per heavy atom. The maximum atomic E-state index is 12.3. The zero-order valence-electron chi connectivity index (χ0n) is 9.72. The molecular formula is C15H14O2. The number of ketones is 2. The number of allylic oxidation sites excluding steroid dienone is 4. The summed E-state index contributed by atoms with van der Waals surface area (Å²) >= 11 is 0. The van der Waals surface area contributed by atoms with E-state index in [0.29, 0.717) is 17.5 Å². The Morgan fingerprint density at radius 3 is 2.41 bits per heavy atom. The van der Waals surface area contributed by atoms with Crippen molar-refractivity contribution in [2.75, 3.05) is 0 Å². The molecule has 17 heavy (non-hydrogen) atoms. The molecule has 0 aliphatic heterocycles. The van der Waals surface area contributed by atoms with Crippen LogP contribution in [0.25, 0.3) is 0 Å². The standard InChI is InChI=1S/C15H14O2/c1-11(16)13-9-5-6-10-14(13)15(17)12-7-3-2-4-8-12/h2-7,9-10,12H,8H2,1H3. The summed E-state index contributed by atoms with van der Waals surface area (Å²) in [5, 5.41) is 0. The highest BCUT2D eigenvalue weighted by molar-refractivity contribution is 6.09. The van der Waals surface area contributed by atoms with Crippen molar-refractivity contribution in [3.8, 4) is 0 Å². The molecule has 0 amide bonds. The largest absolute Gasteiger partial charge is 0.294 e. The second-order valence-electron chi connectivity index (χ2n) is 4.12. The minimum Gasteiger partial charge on any atom is -0.294 e. The van der Waals surface area contributed by atoms with E-state index in [1.54, 1.807) is 24.3 Å². The Morgan fingerprint density at radius 2 is 1.82 bits per heavy atom. The normalized spacial score (nSPS) is 18.1. The smallest absolute Gasteiger partial charge is 0.170 e. The second kappa shape index (κ2) is 4.91. The number of hydrogen-bond acceptors (Lipinski definition) is 2. The number of Topliss-reactive ketones (excluding diaryl/α,β-unsaturated/α-hetero) is 2. The van der Waals surface area contributed by atoms with Gasteiger partial charge in [-0.2, -0.15) is 0 Å². The van der Waals surface area contributed by atoms with Crippen LogP contribution in [0, 0.1) is 5.92 Å². The molecule has 1 unspecified atom stereocenters. The van der Waals surface area contributed by atoms with Crippen LogP contribution >= 0.6 is 0 Å². The van der Waals surface area contributed by atoms with E-state index in [9.17, 15) is 9.59 Å². The summed E-state index contributed by atoms with van der Waals surface area (Å²) in [5.41, 5.74) is 1.05. The van der Waals surface area contributed by atoms with Crippen molar-refractivity contribution in [3.05, 3.63) is 59.7 Å². The molecule has 2 rings (SSSR count). The van der Waals surface area contributed by atoms with Gasteiger partial charge in [-0.1, -0.05) is 48.6 Å². The molecule has 1 aromatic rings. The van der Waals surface area contributed by atoms with E-state index in [4.69, 9.17) is 0 Å². The molecule has 1 aromatic carbocycles. The summed E-state index contributed by atoms with van der Waals surface area (Å²) in [7, 11) is 0. The van der Waals surface area contributed by atoms with Crippen LogP contribution in [0.4, 0.5) is 0 Å². The topological polar surface area (TPSA) is 34.1 Å². The Kier molecular flexibility index (Phi) is 3.33. The number of benzene rings is 1. The van der Waals surface area contributed by atoms with Crippen LogP contribution in [0.1, 0.15) is 34.1 Å². The third-order valence-corrected chi connectivity index (χ3v) is 2.89. The van der Waals surface area contributed by atoms with Gasteiger partial charge in [-0.15, -0.1) is 0 Å². The lowest BCUT2D eigenvalue weighted by molar-refractivity contribution is 0.0932. The van der Waals surface area contributed by atoms with Gasteiger partial charge in [0.25, 0.3) is 0 Å². The lowest BCUT2D eigenvalue weighted by Crippen LogP contribution is -2.16. The maximum absolute atomic E-state index is 12.3. The number of carbonyl (C=O) groups is 2. The van der Waals surface area contributed by atoms with Gasteiger partial charge in [0, 0.05) is 17.0 Å². The highest BCUT2D eigenvalue weighted by Crippen LogP contribution is 2.20. The highest BCUT2D eigenvalue weighted by atomic mass is 16.1. The fourth-order valence-electron chi connectivity index (χ4n) is 1.98. The first-order valence-electron chi connectivity index (χ1n) is 5.67. The Hall–Kier alpha value is -1.96. The van der Waals surface area contributed by atoms with E-state index in [-0.39, 0.29) is 17.5 Å². The van der Waals surface area contributed by atoms with Crippen LogP contribution in [-0.2, 0) is 0 Å². The molecule has 0 radical (unpaired) electrons. The van der Waals surface area contributed by atoms with Crippen molar-refractivity contribution in [2.45, 2.75) is 13.3 Å². The van der Waals surface area contributed by atoms with Gasteiger partial charge in [-0.3, -0.25) is 9.59 Å². The van der Waals surface area contributed by atoms with Gasteiger partial charge in [0.05, 0.1) is 0 Å². The van der Waals surface area contributed by atoms with Crippen LogP contribution in [-0.4, -0.2) is 11.6 Å². The van der Waals surface area contributed by atoms with Crippen molar-refractivity contribution >= 4 is 11.6 Å². The van der Waals surface area contributed by atoms with E-state index in [2.05, 4.69) is 0 Å². The summed E-state index contributed by atoms with van der Waals surface area (Å²) in [6.07, 6.45) is 8.38. The zero-order chi connectivity index (χ0) is 12.3. The molecule has 2 nitrogen and oxygen atoms in total. The average molecular weight is 226 g/mol. The molecule has 1 aliphatic carbocycles. The van der Waals surface area contributed by atoms with Gasteiger partial charge in [0.2, 0.25) is 0 Å². The van der Waals surface area contributed by atoms with E-state index in [1.165, 1.54) is 6.92 Å². The summed E-state index contributed by atoms with van der Waals surface area (Å²) in [6, 6.07) is 7.01. The van der Waals surface area contributed by atoms with E-state index in [0.717, 1.165) is 0 Å². The summed E-state index contributed by atoms with van der Waals surface area (Å²) < 4.78 is 0. The molecule has 1 aliphatic rings. The van der Waals surface area contributed by atoms with E-state index < -0.39 is 0 Å². The van der Waals surface area contributed by atoms with Crippen LogP contribution < -0.4 is 0 Å². The lowest BCUT2D eigenvalue weighted by Gasteiger charge is -2.13. The molecule has 0 saturated heterocycles. The van der Waals surface area contributed by atoms with Gasteiger partial charge in [-0.05, 0) is 13.3 Å². The van der Waals surface area contributed by atoms with Gasteiger partial charge >= 0.3 is 0 Å². The Bertz CT molecular complexity index is 509. The lowest BCUT2D eigenvalue weighted by atomic mass is 9.89. The van der Waals surface area contributed by atoms with Crippen LogP contribution in [0.3, 0.4) is 0 Å². The van der Waals surface area contributed by atoms with E-state index in [1.807, 2.05) is 24.3 Å². The van der Waals surface area contributed by atoms with Gasteiger partial charge in [-0.25, -0.2) is 0 Å². The Balaban J connectivity index is 2.34. The average Bonchev–Trinajstić information content (AvgIpc) is 2.39. The summed E-state index contributed by atoms with van der Waals surface area (Å²) in [4.78, 5) is 23.8. The minimum atomic E-state index is -0.138. The van der Waals surface area contributed by atoms with Gasteiger partial charge in [0.1, 0.15) is 0 Å². The molecule has 0 aromatic heterocycles. The molecule has 86 valence electrons.